The predicted molar refractivity (Wildman–Crippen MR) is 109 cm³/mol. The molecule has 1 aliphatic carbocycles. The summed E-state index contributed by atoms with van der Waals surface area (Å²) in [5, 5.41) is 3.85. The summed E-state index contributed by atoms with van der Waals surface area (Å²) in [6.07, 6.45) is 6.35. The van der Waals surface area contributed by atoms with Crippen molar-refractivity contribution in [2.24, 2.45) is 5.92 Å². The van der Waals surface area contributed by atoms with Crippen LogP contribution in [0.15, 0.2) is 42.6 Å². The Hall–Kier alpha value is -2.27. The van der Waals surface area contributed by atoms with Crippen molar-refractivity contribution < 1.29 is 9.59 Å². The fourth-order valence-electron chi connectivity index (χ4n) is 4.42. The van der Waals surface area contributed by atoms with Crippen molar-refractivity contribution in [1.29, 1.82) is 0 Å². The molecule has 1 aliphatic heterocycles. The second-order valence-electron chi connectivity index (χ2n) is 7.95. The van der Waals surface area contributed by atoms with Gasteiger partial charge in [-0.25, -0.2) is 0 Å². The third-order valence-electron chi connectivity index (χ3n) is 6.07. The van der Waals surface area contributed by atoms with Gasteiger partial charge < -0.3 is 14.8 Å². The number of carbonyl (C=O) groups is 2. The summed E-state index contributed by atoms with van der Waals surface area (Å²) in [6.45, 7) is 2.76. The molecular weight excluding hydrogens is 374 g/mol. The lowest BCUT2D eigenvalue weighted by atomic mass is 9.85. The van der Waals surface area contributed by atoms with E-state index in [0.717, 1.165) is 30.5 Å². The van der Waals surface area contributed by atoms with E-state index in [4.69, 9.17) is 11.6 Å². The SMILES string of the molecule is C[C@@H]1CCCC[C@@H]1NC(=O)[C@H]1c2cccn2CC(=O)N1Cc1ccccc1Cl. The number of aromatic nitrogens is 1. The van der Waals surface area contributed by atoms with Crippen molar-refractivity contribution in [3.63, 3.8) is 0 Å². The molecule has 3 atom stereocenters. The molecule has 0 unspecified atom stereocenters. The Balaban J connectivity index is 1.63. The Labute approximate surface area is 170 Å². The number of nitrogens with one attached hydrogen (secondary N) is 1. The Morgan fingerprint density at radius 1 is 1.18 bits per heavy atom. The highest BCUT2D eigenvalue weighted by molar-refractivity contribution is 6.31. The van der Waals surface area contributed by atoms with Crippen molar-refractivity contribution in [3.05, 3.63) is 58.9 Å². The molecular formula is C22H26ClN3O2. The summed E-state index contributed by atoms with van der Waals surface area (Å²) in [5.41, 5.74) is 1.70. The second-order valence-corrected chi connectivity index (χ2v) is 8.36. The van der Waals surface area contributed by atoms with Gasteiger partial charge in [-0.2, -0.15) is 0 Å². The lowest BCUT2D eigenvalue weighted by molar-refractivity contribution is -0.145. The molecule has 2 aliphatic rings. The van der Waals surface area contributed by atoms with Gasteiger partial charge in [0.25, 0.3) is 0 Å². The van der Waals surface area contributed by atoms with Crippen LogP contribution in [0, 0.1) is 5.92 Å². The third-order valence-corrected chi connectivity index (χ3v) is 6.44. The van der Waals surface area contributed by atoms with E-state index in [9.17, 15) is 9.59 Å². The molecule has 5 nitrogen and oxygen atoms in total. The molecule has 0 saturated heterocycles. The molecule has 6 heteroatoms. The minimum atomic E-state index is -0.637. The van der Waals surface area contributed by atoms with Crippen molar-refractivity contribution in [3.8, 4) is 0 Å². The molecule has 1 fully saturated rings. The molecule has 0 spiro atoms. The summed E-state index contributed by atoms with van der Waals surface area (Å²) in [4.78, 5) is 27.9. The van der Waals surface area contributed by atoms with Crippen LogP contribution in [0.5, 0.6) is 0 Å². The molecule has 0 bridgehead atoms. The first-order chi connectivity index (χ1) is 13.5. The van der Waals surface area contributed by atoms with Gasteiger partial charge in [-0.15, -0.1) is 0 Å². The van der Waals surface area contributed by atoms with Gasteiger partial charge in [-0.1, -0.05) is 49.6 Å². The predicted octanol–water partition coefficient (Wildman–Crippen LogP) is 3.92. The van der Waals surface area contributed by atoms with Crippen molar-refractivity contribution in [1.82, 2.24) is 14.8 Å². The number of nitrogens with zero attached hydrogens (tertiary/aromatic N) is 2. The van der Waals surface area contributed by atoms with E-state index in [1.54, 1.807) is 4.90 Å². The number of fused-ring (bicyclic) bond motifs is 1. The molecule has 148 valence electrons. The van der Waals surface area contributed by atoms with Gasteiger partial charge in [-0.3, -0.25) is 9.59 Å². The van der Waals surface area contributed by atoms with Gasteiger partial charge in [0, 0.05) is 23.8 Å². The highest BCUT2D eigenvalue weighted by Crippen LogP contribution is 2.31. The van der Waals surface area contributed by atoms with Crippen molar-refractivity contribution in [2.75, 3.05) is 0 Å². The maximum Gasteiger partial charge on any atom is 0.249 e. The summed E-state index contributed by atoms with van der Waals surface area (Å²) >= 11 is 6.33. The van der Waals surface area contributed by atoms with Gasteiger partial charge in [0.05, 0.1) is 5.69 Å². The number of benzene rings is 1. The fraction of sp³-hybridized carbons (Fsp3) is 0.455. The Kier molecular flexibility index (Phi) is 5.44. The van der Waals surface area contributed by atoms with Gasteiger partial charge in [-0.05, 0) is 42.5 Å². The van der Waals surface area contributed by atoms with Crippen LogP contribution in [0.2, 0.25) is 5.02 Å². The molecule has 1 saturated carbocycles. The average molecular weight is 400 g/mol. The van der Waals surface area contributed by atoms with E-state index >= 15 is 0 Å². The molecule has 1 aromatic carbocycles. The van der Waals surface area contributed by atoms with Gasteiger partial charge in [0.15, 0.2) is 6.04 Å². The number of amides is 2. The van der Waals surface area contributed by atoms with E-state index in [0.29, 0.717) is 17.5 Å². The molecule has 4 rings (SSSR count). The first kappa shape index (κ1) is 19.1. The summed E-state index contributed by atoms with van der Waals surface area (Å²) in [7, 11) is 0. The van der Waals surface area contributed by atoms with Crippen LogP contribution < -0.4 is 5.32 Å². The molecule has 0 radical (unpaired) electrons. The second kappa shape index (κ2) is 8.00. The molecule has 1 N–H and O–H groups in total. The summed E-state index contributed by atoms with van der Waals surface area (Å²) in [6, 6.07) is 10.8. The largest absolute Gasteiger partial charge is 0.351 e. The number of carbonyl (C=O) groups excluding carboxylic acids is 2. The maximum atomic E-state index is 13.4. The lowest BCUT2D eigenvalue weighted by Crippen LogP contribution is -2.51. The van der Waals surface area contributed by atoms with Gasteiger partial charge >= 0.3 is 0 Å². The molecule has 28 heavy (non-hydrogen) atoms. The first-order valence-corrected chi connectivity index (χ1v) is 10.4. The van der Waals surface area contributed by atoms with Gasteiger partial charge in [0.1, 0.15) is 6.54 Å². The first-order valence-electron chi connectivity index (χ1n) is 10.0. The third kappa shape index (κ3) is 3.68. The number of rotatable bonds is 4. The zero-order valence-corrected chi connectivity index (χ0v) is 16.9. The Morgan fingerprint density at radius 2 is 1.96 bits per heavy atom. The zero-order valence-electron chi connectivity index (χ0n) is 16.1. The van der Waals surface area contributed by atoms with Crippen LogP contribution in [0.25, 0.3) is 0 Å². The molecule has 2 aromatic rings. The van der Waals surface area contributed by atoms with E-state index in [1.165, 1.54) is 6.42 Å². The summed E-state index contributed by atoms with van der Waals surface area (Å²) in [5.74, 6) is 0.292. The zero-order chi connectivity index (χ0) is 19.7. The topological polar surface area (TPSA) is 54.3 Å². The van der Waals surface area contributed by atoms with E-state index in [1.807, 2.05) is 47.2 Å². The smallest absolute Gasteiger partial charge is 0.249 e. The molecule has 2 heterocycles. The average Bonchev–Trinajstić information content (AvgIpc) is 3.13. The standard InChI is InChI=1S/C22H26ClN3O2/c1-15-7-2-5-10-18(15)24-22(28)21-19-11-6-12-25(19)14-20(27)26(21)13-16-8-3-4-9-17(16)23/h3-4,6,8-9,11-12,15,18,21H,2,5,7,10,13-14H2,1H3,(H,24,28)/t15-,18+,21-/m1/s1. The van der Waals surface area contributed by atoms with Gasteiger partial charge in [0.2, 0.25) is 11.8 Å². The Morgan fingerprint density at radius 3 is 2.75 bits per heavy atom. The minimum absolute atomic E-state index is 0.0690. The Bertz CT molecular complexity index is 878. The lowest BCUT2D eigenvalue weighted by Gasteiger charge is -2.38. The van der Waals surface area contributed by atoms with Crippen LogP contribution in [-0.2, 0) is 22.7 Å². The van der Waals surface area contributed by atoms with E-state index in [-0.39, 0.29) is 24.4 Å². The van der Waals surface area contributed by atoms with Crippen LogP contribution in [0.1, 0.15) is 49.9 Å². The fourth-order valence-corrected chi connectivity index (χ4v) is 4.61. The highest BCUT2D eigenvalue weighted by Gasteiger charge is 2.38. The highest BCUT2D eigenvalue weighted by atomic mass is 35.5. The minimum Gasteiger partial charge on any atom is -0.351 e. The molecule has 1 aromatic heterocycles. The summed E-state index contributed by atoms with van der Waals surface area (Å²) < 4.78 is 1.87. The van der Waals surface area contributed by atoms with Crippen molar-refractivity contribution in [2.45, 2.75) is 57.8 Å². The van der Waals surface area contributed by atoms with Crippen LogP contribution in [0.4, 0.5) is 0 Å². The van der Waals surface area contributed by atoms with Crippen molar-refractivity contribution >= 4 is 23.4 Å². The number of hydrogen-bond donors (Lipinski definition) is 1. The van der Waals surface area contributed by atoms with E-state index in [2.05, 4.69) is 12.2 Å². The number of hydrogen-bond acceptors (Lipinski definition) is 2. The normalized spacial score (nSPS) is 24.7. The monoisotopic (exact) mass is 399 g/mol. The van der Waals surface area contributed by atoms with E-state index < -0.39 is 6.04 Å². The quantitative estimate of drug-likeness (QED) is 0.847. The van der Waals surface area contributed by atoms with Crippen LogP contribution in [-0.4, -0.2) is 27.3 Å². The maximum absolute atomic E-state index is 13.4. The molecule has 2 amide bonds. The van der Waals surface area contributed by atoms with Crippen LogP contribution in [0.3, 0.4) is 0 Å². The van der Waals surface area contributed by atoms with Crippen LogP contribution >= 0.6 is 11.6 Å². The number of halogens is 1.